The van der Waals surface area contributed by atoms with E-state index in [1.807, 2.05) is 6.92 Å². The van der Waals surface area contributed by atoms with Crippen LogP contribution in [-0.4, -0.2) is 70.4 Å². The van der Waals surface area contributed by atoms with E-state index in [0.29, 0.717) is 17.4 Å². The van der Waals surface area contributed by atoms with Crippen molar-refractivity contribution in [1.29, 1.82) is 0 Å². The molecule has 1 fully saturated rings. The number of amides is 1. The molecule has 7 nitrogen and oxygen atoms in total. The Labute approximate surface area is 169 Å². The number of likely N-dealkylation sites (tertiary alicyclic amines) is 1. The zero-order valence-electron chi connectivity index (χ0n) is 17.7. The van der Waals surface area contributed by atoms with Gasteiger partial charge in [0.1, 0.15) is 10.6 Å². The summed E-state index contributed by atoms with van der Waals surface area (Å²) in [5.41, 5.74) is 0.299. The van der Waals surface area contributed by atoms with Crippen molar-refractivity contribution in [3.8, 4) is 5.75 Å². The van der Waals surface area contributed by atoms with Crippen molar-refractivity contribution in [1.82, 2.24) is 14.5 Å². The molecular formula is C20H33N3O4S. The lowest BCUT2D eigenvalue weighted by molar-refractivity contribution is 0.0904. The van der Waals surface area contributed by atoms with Crippen molar-refractivity contribution >= 4 is 15.9 Å². The first-order valence-corrected chi connectivity index (χ1v) is 11.1. The molecule has 0 aliphatic carbocycles. The third-order valence-corrected chi connectivity index (χ3v) is 6.87. The van der Waals surface area contributed by atoms with E-state index in [0.717, 1.165) is 23.9 Å². The molecule has 0 radical (unpaired) electrons. The first-order chi connectivity index (χ1) is 13.0. The molecule has 3 unspecified atom stereocenters. The number of carbonyl (C=O) groups is 1. The number of piperidine rings is 1. The zero-order chi connectivity index (χ0) is 21.1. The van der Waals surface area contributed by atoms with Crippen molar-refractivity contribution < 1.29 is 17.9 Å². The molecule has 0 saturated carbocycles. The molecule has 2 rings (SSSR count). The topological polar surface area (TPSA) is 79.0 Å². The van der Waals surface area contributed by atoms with Crippen molar-refractivity contribution in [2.75, 3.05) is 40.8 Å². The number of ether oxygens (including phenoxy) is 1. The van der Waals surface area contributed by atoms with Crippen LogP contribution in [0, 0.1) is 11.8 Å². The predicted octanol–water partition coefficient (Wildman–Crippen LogP) is 2.04. The molecule has 28 heavy (non-hydrogen) atoms. The number of nitrogens with zero attached hydrogens (tertiary/aromatic N) is 2. The fraction of sp³-hybridized carbons (Fsp3) is 0.650. The van der Waals surface area contributed by atoms with Gasteiger partial charge < -0.3 is 15.0 Å². The van der Waals surface area contributed by atoms with E-state index in [4.69, 9.17) is 4.74 Å². The van der Waals surface area contributed by atoms with Crippen LogP contribution in [0.15, 0.2) is 23.1 Å². The Kier molecular flexibility index (Phi) is 7.47. The summed E-state index contributed by atoms with van der Waals surface area (Å²) in [6, 6.07) is 4.44. The van der Waals surface area contributed by atoms with Crippen molar-refractivity contribution in [3.05, 3.63) is 23.8 Å². The highest BCUT2D eigenvalue weighted by atomic mass is 32.2. The Bertz CT molecular complexity index is 785. The lowest BCUT2D eigenvalue weighted by atomic mass is 9.92. The van der Waals surface area contributed by atoms with Crippen LogP contribution in [0.25, 0.3) is 0 Å². The van der Waals surface area contributed by atoms with Crippen LogP contribution >= 0.6 is 0 Å². The fourth-order valence-electron chi connectivity index (χ4n) is 3.90. The number of carbonyl (C=O) groups excluding carboxylic acids is 1. The minimum atomic E-state index is -3.72. The van der Waals surface area contributed by atoms with Crippen LogP contribution in [0.5, 0.6) is 5.75 Å². The number of nitrogens with one attached hydrogen (secondary N) is 1. The molecule has 0 spiro atoms. The fourth-order valence-corrected chi connectivity index (χ4v) is 4.97. The first kappa shape index (κ1) is 22.6. The molecular weight excluding hydrogens is 378 g/mol. The van der Waals surface area contributed by atoms with Gasteiger partial charge in [0, 0.05) is 45.3 Å². The van der Waals surface area contributed by atoms with E-state index in [1.54, 1.807) is 6.07 Å². The second kappa shape index (κ2) is 9.24. The maximum absolute atomic E-state index is 12.7. The van der Waals surface area contributed by atoms with Crippen LogP contribution in [0.1, 0.15) is 37.6 Å². The van der Waals surface area contributed by atoms with E-state index >= 15 is 0 Å². The Morgan fingerprint density at radius 2 is 1.89 bits per heavy atom. The summed E-state index contributed by atoms with van der Waals surface area (Å²) in [7, 11) is 0.587. The van der Waals surface area contributed by atoms with Crippen molar-refractivity contribution in [3.63, 3.8) is 0 Å². The number of benzene rings is 1. The standard InChI is InChI=1S/C20H33N3O4S/c1-14-9-15(2)12-23(11-14)13-16(3)21-20(24)17-7-8-18(27-6)19(10-17)28(25,26)22(4)5/h7-8,10,14-16H,9,11-13H2,1-6H3,(H,21,24). The van der Waals surface area contributed by atoms with E-state index in [2.05, 4.69) is 24.1 Å². The Balaban J connectivity index is 2.11. The van der Waals surface area contributed by atoms with Gasteiger partial charge in [-0.3, -0.25) is 4.79 Å². The van der Waals surface area contributed by atoms with E-state index in [1.165, 1.54) is 39.8 Å². The Hall–Kier alpha value is -1.64. The lowest BCUT2D eigenvalue weighted by Gasteiger charge is -2.36. The molecule has 0 bridgehead atoms. The molecule has 1 aromatic carbocycles. The number of methoxy groups -OCH3 is 1. The molecule has 1 aliphatic rings. The summed E-state index contributed by atoms with van der Waals surface area (Å²) in [6.45, 7) is 9.35. The molecule has 1 heterocycles. The van der Waals surface area contributed by atoms with Gasteiger partial charge in [-0.05, 0) is 43.4 Å². The molecule has 1 amide bonds. The van der Waals surface area contributed by atoms with Crippen LogP contribution in [0.4, 0.5) is 0 Å². The molecule has 1 N–H and O–H groups in total. The van der Waals surface area contributed by atoms with Gasteiger partial charge in [0.05, 0.1) is 7.11 Å². The first-order valence-electron chi connectivity index (χ1n) is 9.68. The molecule has 8 heteroatoms. The SMILES string of the molecule is COc1ccc(C(=O)NC(C)CN2CC(C)CC(C)C2)cc1S(=O)(=O)N(C)C. The monoisotopic (exact) mass is 411 g/mol. The van der Waals surface area contributed by atoms with Gasteiger partial charge in [0.2, 0.25) is 10.0 Å². The molecule has 1 saturated heterocycles. The van der Waals surface area contributed by atoms with Gasteiger partial charge in [-0.1, -0.05) is 13.8 Å². The zero-order valence-corrected chi connectivity index (χ0v) is 18.5. The van der Waals surface area contributed by atoms with Crippen molar-refractivity contribution in [2.24, 2.45) is 11.8 Å². The second-order valence-electron chi connectivity index (χ2n) is 8.19. The van der Waals surface area contributed by atoms with Gasteiger partial charge >= 0.3 is 0 Å². The summed E-state index contributed by atoms with van der Waals surface area (Å²) in [4.78, 5) is 15.1. The van der Waals surface area contributed by atoms with Crippen molar-refractivity contribution in [2.45, 2.75) is 38.1 Å². The van der Waals surface area contributed by atoms with Crippen LogP contribution in [-0.2, 0) is 10.0 Å². The van der Waals surface area contributed by atoms with Crippen LogP contribution in [0.2, 0.25) is 0 Å². The summed E-state index contributed by atoms with van der Waals surface area (Å²) in [6.07, 6.45) is 1.24. The number of hydrogen-bond acceptors (Lipinski definition) is 5. The van der Waals surface area contributed by atoms with Gasteiger partial charge in [-0.15, -0.1) is 0 Å². The molecule has 1 aromatic rings. The molecule has 0 aromatic heterocycles. The minimum absolute atomic E-state index is 0.0148. The largest absolute Gasteiger partial charge is 0.495 e. The minimum Gasteiger partial charge on any atom is -0.495 e. The third kappa shape index (κ3) is 5.46. The number of hydrogen-bond donors (Lipinski definition) is 1. The van der Waals surface area contributed by atoms with E-state index in [-0.39, 0.29) is 22.6 Å². The van der Waals surface area contributed by atoms with Gasteiger partial charge in [-0.25, -0.2) is 12.7 Å². The number of sulfonamides is 1. The van der Waals surface area contributed by atoms with E-state index < -0.39 is 10.0 Å². The maximum Gasteiger partial charge on any atom is 0.251 e. The average Bonchev–Trinajstić information content (AvgIpc) is 2.59. The second-order valence-corrected chi connectivity index (χ2v) is 10.3. The highest BCUT2D eigenvalue weighted by Gasteiger charge is 2.26. The summed E-state index contributed by atoms with van der Waals surface area (Å²) < 4.78 is 31.4. The van der Waals surface area contributed by atoms with Gasteiger partial charge in [-0.2, -0.15) is 0 Å². The number of rotatable bonds is 7. The molecule has 158 valence electrons. The predicted molar refractivity (Wildman–Crippen MR) is 110 cm³/mol. The molecule has 3 atom stereocenters. The summed E-state index contributed by atoms with van der Waals surface area (Å²) in [5.74, 6) is 1.25. The van der Waals surface area contributed by atoms with E-state index in [9.17, 15) is 13.2 Å². The maximum atomic E-state index is 12.7. The van der Waals surface area contributed by atoms with Crippen LogP contribution < -0.4 is 10.1 Å². The highest BCUT2D eigenvalue weighted by molar-refractivity contribution is 7.89. The Morgan fingerprint density at radius 3 is 2.43 bits per heavy atom. The quantitative estimate of drug-likeness (QED) is 0.743. The Morgan fingerprint density at radius 1 is 1.29 bits per heavy atom. The highest BCUT2D eigenvalue weighted by Crippen LogP contribution is 2.27. The van der Waals surface area contributed by atoms with Crippen LogP contribution in [0.3, 0.4) is 0 Å². The van der Waals surface area contributed by atoms with Gasteiger partial charge in [0.25, 0.3) is 5.91 Å². The average molecular weight is 412 g/mol. The summed E-state index contributed by atoms with van der Waals surface area (Å²) in [5, 5.41) is 2.99. The van der Waals surface area contributed by atoms with Gasteiger partial charge in [0.15, 0.2) is 0 Å². The third-order valence-electron chi connectivity index (χ3n) is 5.04. The molecule has 1 aliphatic heterocycles. The smallest absolute Gasteiger partial charge is 0.251 e. The summed E-state index contributed by atoms with van der Waals surface area (Å²) >= 11 is 0. The lowest BCUT2D eigenvalue weighted by Crippen LogP contribution is -2.47. The normalized spacial score (nSPS) is 22.1.